The Hall–Kier alpha value is 0. The van der Waals surface area contributed by atoms with Crippen molar-refractivity contribution in [3.63, 3.8) is 0 Å². The van der Waals surface area contributed by atoms with E-state index in [0.29, 0.717) is 5.41 Å². The van der Waals surface area contributed by atoms with E-state index in [2.05, 4.69) is 41.5 Å². The summed E-state index contributed by atoms with van der Waals surface area (Å²) in [5, 5.41) is 0. The van der Waals surface area contributed by atoms with Gasteiger partial charge in [-0.15, -0.1) is 0 Å². The highest BCUT2D eigenvalue weighted by molar-refractivity contribution is 4.99. The van der Waals surface area contributed by atoms with Crippen LogP contribution >= 0.6 is 0 Å². The molecule has 2 aliphatic rings. The van der Waals surface area contributed by atoms with Gasteiger partial charge in [0.1, 0.15) is 0 Å². The lowest BCUT2D eigenvalue weighted by Gasteiger charge is -2.42. The van der Waals surface area contributed by atoms with E-state index in [9.17, 15) is 0 Å². The Kier molecular flexibility index (Phi) is 7.05. The van der Waals surface area contributed by atoms with Crippen LogP contribution in [0.5, 0.6) is 0 Å². The number of hydrogen-bond donors (Lipinski definition) is 0. The highest BCUT2D eigenvalue weighted by Crippen LogP contribution is 2.58. The van der Waals surface area contributed by atoms with Crippen LogP contribution in [0.4, 0.5) is 0 Å². The Balaban J connectivity index is 1.96. The molecular formula is C23H44. The Morgan fingerprint density at radius 3 is 2.17 bits per heavy atom. The SMILES string of the molecule is CCCC(CC)C(CC)(CC)CC1CC2CC(CC(C)C)C2C1. The van der Waals surface area contributed by atoms with Crippen LogP contribution < -0.4 is 0 Å². The maximum absolute atomic E-state index is 2.48. The van der Waals surface area contributed by atoms with Gasteiger partial charge in [-0.25, -0.2) is 0 Å². The van der Waals surface area contributed by atoms with Crippen molar-refractivity contribution in [2.24, 2.45) is 40.9 Å². The summed E-state index contributed by atoms with van der Waals surface area (Å²) in [4.78, 5) is 0. The maximum atomic E-state index is 2.48. The summed E-state index contributed by atoms with van der Waals surface area (Å²) >= 11 is 0. The molecule has 2 rings (SSSR count). The van der Waals surface area contributed by atoms with Crippen LogP contribution in [-0.4, -0.2) is 0 Å². The molecule has 0 N–H and O–H groups in total. The van der Waals surface area contributed by atoms with E-state index in [0.717, 1.165) is 35.5 Å². The number of fused-ring (bicyclic) bond motifs is 1. The van der Waals surface area contributed by atoms with E-state index in [-0.39, 0.29) is 0 Å². The lowest BCUT2D eigenvalue weighted by molar-refractivity contribution is 0.0817. The molecule has 5 unspecified atom stereocenters. The second-order valence-corrected chi connectivity index (χ2v) is 9.55. The summed E-state index contributed by atoms with van der Waals surface area (Å²) in [5.41, 5.74) is 0.646. The fourth-order valence-corrected chi connectivity index (χ4v) is 6.69. The molecule has 0 bridgehead atoms. The van der Waals surface area contributed by atoms with E-state index >= 15 is 0 Å². The quantitative estimate of drug-likeness (QED) is 0.386. The molecule has 0 aromatic carbocycles. The van der Waals surface area contributed by atoms with Gasteiger partial charge in [0.15, 0.2) is 0 Å². The normalized spacial score (nSPS) is 32.0. The second kappa shape index (κ2) is 8.39. The number of rotatable bonds is 10. The van der Waals surface area contributed by atoms with Crippen molar-refractivity contribution in [3.05, 3.63) is 0 Å². The van der Waals surface area contributed by atoms with Crippen LogP contribution in [0.3, 0.4) is 0 Å². The van der Waals surface area contributed by atoms with Crippen molar-refractivity contribution in [3.8, 4) is 0 Å². The molecule has 2 saturated carbocycles. The molecule has 0 heterocycles. The molecule has 0 spiro atoms. The summed E-state index contributed by atoms with van der Waals surface area (Å²) in [6.45, 7) is 14.6. The molecule has 0 heteroatoms. The minimum atomic E-state index is 0.646. The third-order valence-electron chi connectivity index (χ3n) is 7.93. The smallest absolute Gasteiger partial charge is 0.0272 e. The van der Waals surface area contributed by atoms with Crippen LogP contribution in [0.2, 0.25) is 0 Å². The molecule has 0 saturated heterocycles. The molecule has 0 aromatic heterocycles. The van der Waals surface area contributed by atoms with Gasteiger partial charge in [0.05, 0.1) is 0 Å². The molecule has 0 nitrogen and oxygen atoms in total. The zero-order chi connectivity index (χ0) is 17.0. The van der Waals surface area contributed by atoms with Crippen molar-refractivity contribution >= 4 is 0 Å². The Morgan fingerprint density at radius 2 is 1.65 bits per heavy atom. The van der Waals surface area contributed by atoms with Gasteiger partial charge in [-0.3, -0.25) is 0 Å². The largest absolute Gasteiger partial charge is 0.0654 e. The molecule has 0 aromatic rings. The summed E-state index contributed by atoms with van der Waals surface area (Å²) in [5.74, 6) is 6.22. The molecule has 2 fully saturated rings. The lowest BCUT2D eigenvalue weighted by atomic mass is 9.63. The molecule has 0 aliphatic heterocycles. The van der Waals surface area contributed by atoms with E-state index in [1.807, 2.05) is 0 Å². The molecular weight excluding hydrogens is 276 g/mol. The van der Waals surface area contributed by atoms with Gasteiger partial charge in [-0.2, -0.15) is 0 Å². The first-order valence-corrected chi connectivity index (χ1v) is 11.0. The molecule has 0 amide bonds. The lowest BCUT2D eigenvalue weighted by Crippen LogP contribution is -2.33. The van der Waals surface area contributed by atoms with Gasteiger partial charge in [0.2, 0.25) is 0 Å². The third kappa shape index (κ3) is 4.16. The van der Waals surface area contributed by atoms with Crippen LogP contribution in [0.25, 0.3) is 0 Å². The Bertz CT molecular complexity index is 338. The predicted octanol–water partition coefficient (Wildman–Crippen LogP) is 7.72. The summed E-state index contributed by atoms with van der Waals surface area (Å²) in [6, 6.07) is 0. The Morgan fingerprint density at radius 1 is 0.957 bits per heavy atom. The van der Waals surface area contributed by atoms with Crippen LogP contribution in [0.15, 0.2) is 0 Å². The van der Waals surface area contributed by atoms with Gasteiger partial charge in [-0.1, -0.05) is 73.6 Å². The molecule has 5 atom stereocenters. The summed E-state index contributed by atoms with van der Waals surface area (Å²) in [6.07, 6.45) is 14.8. The van der Waals surface area contributed by atoms with Crippen molar-refractivity contribution in [2.45, 2.75) is 106 Å². The summed E-state index contributed by atoms with van der Waals surface area (Å²) in [7, 11) is 0. The van der Waals surface area contributed by atoms with E-state index in [1.165, 1.54) is 38.5 Å². The monoisotopic (exact) mass is 320 g/mol. The van der Waals surface area contributed by atoms with Crippen LogP contribution in [0.1, 0.15) is 106 Å². The maximum Gasteiger partial charge on any atom is -0.0272 e. The van der Waals surface area contributed by atoms with Crippen LogP contribution in [-0.2, 0) is 0 Å². The fraction of sp³-hybridized carbons (Fsp3) is 1.00. The van der Waals surface area contributed by atoms with Crippen molar-refractivity contribution in [2.75, 3.05) is 0 Å². The van der Waals surface area contributed by atoms with Gasteiger partial charge in [-0.05, 0) is 73.0 Å². The van der Waals surface area contributed by atoms with E-state index in [1.54, 1.807) is 25.7 Å². The standard InChI is InChI=1S/C23H44/c1-7-11-21(8-2)23(9-3,10-4)16-18-13-20-15-19(12-17(5)6)22(20)14-18/h17-22H,7-16H2,1-6H3. The highest BCUT2D eigenvalue weighted by atomic mass is 14.5. The predicted molar refractivity (Wildman–Crippen MR) is 104 cm³/mol. The van der Waals surface area contributed by atoms with Gasteiger partial charge in [0, 0.05) is 0 Å². The van der Waals surface area contributed by atoms with Gasteiger partial charge >= 0.3 is 0 Å². The van der Waals surface area contributed by atoms with Crippen molar-refractivity contribution < 1.29 is 0 Å². The zero-order valence-corrected chi connectivity index (χ0v) is 17.0. The van der Waals surface area contributed by atoms with Crippen molar-refractivity contribution in [1.29, 1.82) is 0 Å². The minimum Gasteiger partial charge on any atom is -0.0654 e. The molecule has 2 aliphatic carbocycles. The first-order chi connectivity index (χ1) is 11.0. The molecule has 136 valence electrons. The topological polar surface area (TPSA) is 0 Å². The first-order valence-electron chi connectivity index (χ1n) is 11.0. The van der Waals surface area contributed by atoms with Gasteiger partial charge in [0.25, 0.3) is 0 Å². The van der Waals surface area contributed by atoms with E-state index in [4.69, 9.17) is 0 Å². The number of hydrogen-bond acceptors (Lipinski definition) is 0. The van der Waals surface area contributed by atoms with Gasteiger partial charge < -0.3 is 0 Å². The second-order valence-electron chi connectivity index (χ2n) is 9.55. The first kappa shape index (κ1) is 19.3. The summed E-state index contributed by atoms with van der Waals surface area (Å²) < 4.78 is 0. The zero-order valence-electron chi connectivity index (χ0n) is 17.0. The third-order valence-corrected chi connectivity index (χ3v) is 7.93. The minimum absolute atomic E-state index is 0.646. The fourth-order valence-electron chi connectivity index (χ4n) is 6.69. The molecule has 23 heavy (non-hydrogen) atoms. The van der Waals surface area contributed by atoms with Crippen molar-refractivity contribution in [1.82, 2.24) is 0 Å². The molecule has 0 radical (unpaired) electrons. The average molecular weight is 321 g/mol. The van der Waals surface area contributed by atoms with Crippen LogP contribution in [0, 0.1) is 40.9 Å². The van der Waals surface area contributed by atoms with E-state index < -0.39 is 0 Å². The highest BCUT2D eigenvalue weighted by Gasteiger charge is 2.49. The average Bonchev–Trinajstić information content (AvgIpc) is 2.84. The Labute approximate surface area is 147 Å².